The maximum absolute atomic E-state index is 11.7. The number of hydrogen-bond donors (Lipinski definition) is 0. The Balaban J connectivity index is 2.69. The number of ketones is 1. The lowest BCUT2D eigenvalue weighted by Gasteiger charge is -2.11. The molecule has 2 aromatic rings. The second-order valence-corrected chi connectivity index (χ2v) is 4.93. The Labute approximate surface area is 112 Å². The zero-order valence-corrected chi connectivity index (χ0v) is 11.5. The van der Waals surface area contributed by atoms with Crippen LogP contribution in [0, 0.1) is 13.8 Å². The minimum atomic E-state index is 0.0555. The summed E-state index contributed by atoms with van der Waals surface area (Å²) in [7, 11) is 0. The Morgan fingerprint density at radius 3 is 2.28 bits per heavy atom. The Hall–Kier alpha value is -1.60. The average Bonchev–Trinajstić information content (AvgIpc) is 2.34. The molecule has 0 radical (unpaired) electrons. The van der Waals surface area contributed by atoms with E-state index in [0.29, 0.717) is 10.6 Å². The lowest BCUT2D eigenvalue weighted by molar-refractivity contribution is 0.101. The summed E-state index contributed by atoms with van der Waals surface area (Å²) in [5, 5.41) is 0.687. The summed E-state index contributed by atoms with van der Waals surface area (Å²) in [4.78, 5) is 11.7. The fourth-order valence-corrected chi connectivity index (χ4v) is 2.33. The number of carbonyl (C=O) groups excluding carboxylic acids is 1. The third kappa shape index (κ3) is 2.32. The number of carbonyl (C=O) groups is 1. The van der Waals surface area contributed by atoms with Gasteiger partial charge in [-0.2, -0.15) is 0 Å². The predicted octanol–water partition coefficient (Wildman–Crippen LogP) is 4.83. The van der Waals surface area contributed by atoms with Crippen LogP contribution in [-0.4, -0.2) is 5.78 Å². The van der Waals surface area contributed by atoms with E-state index in [4.69, 9.17) is 11.6 Å². The van der Waals surface area contributed by atoms with Crippen molar-refractivity contribution in [2.24, 2.45) is 0 Å². The van der Waals surface area contributed by atoms with E-state index in [1.165, 1.54) is 5.56 Å². The van der Waals surface area contributed by atoms with Gasteiger partial charge in [-0.05, 0) is 49.6 Å². The molecule has 0 aliphatic rings. The molecule has 0 saturated carbocycles. The van der Waals surface area contributed by atoms with E-state index >= 15 is 0 Å². The number of aryl methyl sites for hydroxylation is 2. The van der Waals surface area contributed by atoms with Gasteiger partial charge in [0.2, 0.25) is 0 Å². The molecular weight excluding hydrogens is 244 g/mol. The minimum absolute atomic E-state index is 0.0555. The summed E-state index contributed by atoms with van der Waals surface area (Å²) in [6.07, 6.45) is 0. The summed E-state index contributed by atoms with van der Waals surface area (Å²) < 4.78 is 0. The highest BCUT2D eigenvalue weighted by molar-refractivity contribution is 6.33. The summed E-state index contributed by atoms with van der Waals surface area (Å²) in [5.41, 5.74) is 4.86. The van der Waals surface area contributed by atoms with Gasteiger partial charge in [0, 0.05) is 16.1 Å². The Bertz CT molecular complexity index is 614. The Morgan fingerprint density at radius 2 is 1.61 bits per heavy atom. The highest BCUT2D eigenvalue weighted by Gasteiger charge is 2.12. The molecule has 0 atom stereocenters. The molecule has 0 bridgehead atoms. The fraction of sp³-hybridized carbons (Fsp3) is 0.188. The zero-order valence-electron chi connectivity index (χ0n) is 10.8. The molecule has 2 aromatic carbocycles. The van der Waals surface area contributed by atoms with Crippen LogP contribution in [0.4, 0.5) is 0 Å². The van der Waals surface area contributed by atoms with E-state index < -0.39 is 0 Å². The molecule has 0 saturated heterocycles. The summed E-state index contributed by atoms with van der Waals surface area (Å²) in [5.74, 6) is 0.0555. The van der Waals surface area contributed by atoms with Crippen molar-refractivity contribution in [1.82, 2.24) is 0 Å². The SMILES string of the molecule is CC(=O)c1ccccc1-c1cc(C)c(C)cc1Cl. The van der Waals surface area contributed by atoms with E-state index in [1.807, 2.05) is 50.2 Å². The lowest BCUT2D eigenvalue weighted by atomic mass is 9.95. The Morgan fingerprint density at radius 1 is 1.00 bits per heavy atom. The van der Waals surface area contributed by atoms with Crippen LogP contribution in [0.2, 0.25) is 5.02 Å². The second-order valence-electron chi connectivity index (χ2n) is 4.52. The minimum Gasteiger partial charge on any atom is -0.294 e. The van der Waals surface area contributed by atoms with Crippen LogP contribution in [0.1, 0.15) is 28.4 Å². The monoisotopic (exact) mass is 258 g/mol. The van der Waals surface area contributed by atoms with Crippen LogP contribution in [-0.2, 0) is 0 Å². The second kappa shape index (κ2) is 4.95. The van der Waals surface area contributed by atoms with Crippen molar-refractivity contribution < 1.29 is 4.79 Å². The molecule has 0 heterocycles. The summed E-state index contributed by atoms with van der Waals surface area (Å²) in [6, 6.07) is 11.6. The predicted molar refractivity (Wildman–Crippen MR) is 76.4 cm³/mol. The molecule has 0 aliphatic carbocycles. The molecule has 0 spiro atoms. The topological polar surface area (TPSA) is 17.1 Å². The average molecular weight is 259 g/mol. The van der Waals surface area contributed by atoms with E-state index in [0.717, 1.165) is 16.7 Å². The number of rotatable bonds is 2. The van der Waals surface area contributed by atoms with E-state index in [9.17, 15) is 4.79 Å². The molecule has 18 heavy (non-hydrogen) atoms. The van der Waals surface area contributed by atoms with Crippen molar-refractivity contribution in [3.63, 3.8) is 0 Å². The van der Waals surface area contributed by atoms with Gasteiger partial charge in [0.15, 0.2) is 5.78 Å². The summed E-state index contributed by atoms with van der Waals surface area (Å²) in [6.45, 7) is 5.65. The Kier molecular flexibility index (Phi) is 3.53. The van der Waals surface area contributed by atoms with Gasteiger partial charge in [0.25, 0.3) is 0 Å². The van der Waals surface area contributed by atoms with Crippen LogP contribution < -0.4 is 0 Å². The van der Waals surface area contributed by atoms with Crippen molar-refractivity contribution >= 4 is 17.4 Å². The lowest BCUT2D eigenvalue weighted by Crippen LogP contribution is -1.96. The molecule has 0 aromatic heterocycles. The quantitative estimate of drug-likeness (QED) is 0.706. The van der Waals surface area contributed by atoms with Crippen LogP contribution in [0.5, 0.6) is 0 Å². The maximum atomic E-state index is 11.7. The first-order valence-corrected chi connectivity index (χ1v) is 6.25. The largest absolute Gasteiger partial charge is 0.294 e. The van der Waals surface area contributed by atoms with Crippen LogP contribution in [0.15, 0.2) is 36.4 Å². The number of benzene rings is 2. The molecule has 2 heteroatoms. The number of halogens is 1. The van der Waals surface area contributed by atoms with Gasteiger partial charge in [-0.3, -0.25) is 4.79 Å². The van der Waals surface area contributed by atoms with Crippen molar-refractivity contribution in [2.45, 2.75) is 20.8 Å². The van der Waals surface area contributed by atoms with Crippen molar-refractivity contribution in [3.8, 4) is 11.1 Å². The van der Waals surface area contributed by atoms with E-state index in [1.54, 1.807) is 6.92 Å². The van der Waals surface area contributed by atoms with Crippen molar-refractivity contribution in [2.75, 3.05) is 0 Å². The molecule has 2 rings (SSSR count). The van der Waals surface area contributed by atoms with Gasteiger partial charge < -0.3 is 0 Å². The molecule has 0 N–H and O–H groups in total. The van der Waals surface area contributed by atoms with Crippen LogP contribution in [0.25, 0.3) is 11.1 Å². The third-order valence-electron chi connectivity index (χ3n) is 3.18. The summed E-state index contributed by atoms with van der Waals surface area (Å²) >= 11 is 6.30. The first kappa shape index (κ1) is 12.8. The van der Waals surface area contributed by atoms with Crippen molar-refractivity contribution in [3.05, 3.63) is 58.1 Å². The molecule has 0 unspecified atom stereocenters. The third-order valence-corrected chi connectivity index (χ3v) is 3.49. The highest BCUT2D eigenvalue weighted by Crippen LogP contribution is 2.32. The van der Waals surface area contributed by atoms with Gasteiger partial charge in [0.05, 0.1) is 0 Å². The standard InChI is InChI=1S/C16H15ClO/c1-10-8-15(16(17)9-11(10)2)14-7-5-4-6-13(14)12(3)18/h4-9H,1-3H3. The smallest absolute Gasteiger partial charge is 0.160 e. The van der Waals surface area contributed by atoms with Crippen molar-refractivity contribution in [1.29, 1.82) is 0 Å². The van der Waals surface area contributed by atoms with Crippen LogP contribution >= 0.6 is 11.6 Å². The van der Waals surface area contributed by atoms with Crippen LogP contribution in [0.3, 0.4) is 0 Å². The zero-order chi connectivity index (χ0) is 13.3. The van der Waals surface area contributed by atoms with E-state index in [2.05, 4.69) is 0 Å². The van der Waals surface area contributed by atoms with Gasteiger partial charge in [0.1, 0.15) is 0 Å². The van der Waals surface area contributed by atoms with Gasteiger partial charge in [-0.15, -0.1) is 0 Å². The molecule has 1 nitrogen and oxygen atoms in total. The molecule has 0 fully saturated rings. The highest BCUT2D eigenvalue weighted by atomic mass is 35.5. The van der Waals surface area contributed by atoms with Gasteiger partial charge >= 0.3 is 0 Å². The first-order chi connectivity index (χ1) is 8.50. The first-order valence-electron chi connectivity index (χ1n) is 5.88. The normalized spacial score (nSPS) is 10.4. The molecule has 0 amide bonds. The molecule has 92 valence electrons. The molecular formula is C16H15ClO. The number of Topliss-reactive ketones (excluding diaryl/α,β-unsaturated/α-hetero) is 1. The molecule has 0 aliphatic heterocycles. The maximum Gasteiger partial charge on any atom is 0.160 e. The number of hydrogen-bond acceptors (Lipinski definition) is 1. The van der Waals surface area contributed by atoms with Gasteiger partial charge in [-0.1, -0.05) is 35.9 Å². The fourth-order valence-electron chi connectivity index (χ4n) is 2.01. The van der Waals surface area contributed by atoms with Gasteiger partial charge in [-0.25, -0.2) is 0 Å². The van der Waals surface area contributed by atoms with E-state index in [-0.39, 0.29) is 5.78 Å².